The summed E-state index contributed by atoms with van der Waals surface area (Å²) in [6.45, 7) is 7.22. The fourth-order valence-corrected chi connectivity index (χ4v) is 2.56. The molecule has 0 aliphatic carbocycles. The molecule has 6 nitrogen and oxygen atoms in total. The summed E-state index contributed by atoms with van der Waals surface area (Å²) < 4.78 is 3.45. The first-order valence-corrected chi connectivity index (χ1v) is 8.07. The molecule has 2 rings (SSSR count). The van der Waals surface area contributed by atoms with Gasteiger partial charge >= 0.3 is 5.69 Å². The molecule has 0 fully saturated rings. The maximum Gasteiger partial charge on any atom is 0.329 e. The first-order chi connectivity index (χ1) is 10.8. The number of aryl methyl sites for hydroxylation is 2. The van der Waals surface area contributed by atoms with E-state index in [1.54, 1.807) is 9.13 Å². The van der Waals surface area contributed by atoms with Crippen molar-refractivity contribution >= 4 is 29.3 Å². The predicted octanol–water partition coefficient (Wildman–Crippen LogP) is 1.88. The molecule has 1 heterocycles. The summed E-state index contributed by atoms with van der Waals surface area (Å²) in [5, 5.41) is 2.81. The molecule has 1 aromatic heterocycles. The summed E-state index contributed by atoms with van der Waals surface area (Å²) in [6.07, 6.45) is 1.15. The molecule has 2 aromatic rings. The standard InChI is InChI=1S/C17H26N4O2.ClH/c1-4-10-20-13-7-5-6-8-14(13)21(16(20)23)11-9-15(22)19-12-17(2,3)18;/h5-8H,4,9-12,18H2,1-3H3,(H,19,22);1H. The molecule has 0 atom stereocenters. The Morgan fingerprint density at radius 2 is 1.71 bits per heavy atom. The van der Waals surface area contributed by atoms with E-state index in [0.29, 0.717) is 19.6 Å². The lowest BCUT2D eigenvalue weighted by Gasteiger charge is -2.18. The second kappa shape index (κ2) is 8.35. The van der Waals surface area contributed by atoms with Crippen LogP contribution in [0, 0.1) is 0 Å². The zero-order chi connectivity index (χ0) is 17.0. The Bertz CT molecular complexity index is 743. The minimum atomic E-state index is -0.441. The molecule has 24 heavy (non-hydrogen) atoms. The van der Waals surface area contributed by atoms with Gasteiger partial charge in [-0.25, -0.2) is 4.79 Å². The number of carbonyl (C=O) groups is 1. The molecule has 0 aliphatic rings. The van der Waals surface area contributed by atoms with Crippen molar-refractivity contribution in [3.05, 3.63) is 34.7 Å². The van der Waals surface area contributed by atoms with Crippen molar-refractivity contribution in [3.8, 4) is 0 Å². The highest BCUT2D eigenvalue weighted by Gasteiger charge is 2.15. The Balaban J connectivity index is 0.00000288. The fraction of sp³-hybridized carbons (Fsp3) is 0.529. The number of aromatic nitrogens is 2. The van der Waals surface area contributed by atoms with Crippen LogP contribution in [0.5, 0.6) is 0 Å². The lowest BCUT2D eigenvalue weighted by atomic mass is 10.1. The number of carbonyl (C=O) groups excluding carboxylic acids is 1. The van der Waals surface area contributed by atoms with Gasteiger partial charge in [-0.2, -0.15) is 0 Å². The molecule has 7 heteroatoms. The molecule has 0 unspecified atom stereocenters. The van der Waals surface area contributed by atoms with Crippen LogP contribution in [0.4, 0.5) is 0 Å². The Morgan fingerprint density at radius 3 is 2.21 bits per heavy atom. The lowest BCUT2D eigenvalue weighted by Crippen LogP contribution is -2.45. The number of benzene rings is 1. The van der Waals surface area contributed by atoms with E-state index in [-0.39, 0.29) is 30.4 Å². The average Bonchev–Trinajstić information content (AvgIpc) is 2.76. The summed E-state index contributed by atoms with van der Waals surface area (Å²) in [4.78, 5) is 24.5. The molecule has 0 saturated carbocycles. The number of nitrogens with two attached hydrogens (primary N) is 1. The molecule has 3 N–H and O–H groups in total. The third-order valence-corrected chi connectivity index (χ3v) is 3.68. The first kappa shape index (κ1) is 20.3. The van der Waals surface area contributed by atoms with Gasteiger partial charge in [0.2, 0.25) is 5.91 Å². The molecular weight excluding hydrogens is 328 g/mol. The SMILES string of the molecule is CCCn1c(=O)n(CCC(=O)NCC(C)(C)N)c2ccccc21.Cl. The maximum absolute atomic E-state index is 12.6. The quantitative estimate of drug-likeness (QED) is 0.796. The summed E-state index contributed by atoms with van der Waals surface area (Å²) in [7, 11) is 0. The van der Waals surface area contributed by atoms with Gasteiger partial charge in [-0.15, -0.1) is 12.4 Å². The van der Waals surface area contributed by atoms with E-state index in [0.717, 1.165) is 17.5 Å². The monoisotopic (exact) mass is 354 g/mol. The van der Waals surface area contributed by atoms with E-state index in [2.05, 4.69) is 5.32 Å². The molecule has 1 aromatic carbocycles. The number of nitrogens with zero attached hydrogens (tertiary/aromatic N) is 2. The van der Waals surface area contributed by atoms with Crippen LogP contribution in [0.25, 0.3) is 11.0 Å². The molecule has 0 radical (unpaired) electrons. The number of rotatable bonds is 7. The van der Waals surface area contributed by atoms with Crippen LogP contribution in [-0.4, -0.2) is 27.1 Å². The van der Waals surface area contributed by atoms with Crippen molar-refractivity contribution in [1.82, 2.24) is 14.5 Å². The Hall–Kier alpha value is -1.79. The third kappa shape index (κ3) is 4.85. The molecule has 0 spiro atoms. The number of halogens is 1. The lowest BCUT2D eigenvalue weighted by molar-refractivity contribution is -0.121. The van der Waals surface area contributed by atoms with Crippen molar-refractivity contribution in [3.63, 3.8) is 0 Å². The summed E-state index contributed by atoms with van der Waals surface area (Å²) in [5.41, 5.74) is 7.15. The van der Waals surface area contributed by atoms with Gasteiger partial charge in [0.25, 0.3) is 0 Å². The number of fused-ring (bicyclic) bond motifs is 1. The average molecular weight is 355 g/mol. The van der Waals surface area contributed by atoms with Gasteiger partial charge in [-0.1, -0.05) is 19.1 Å². The molecule has 0 saturated heterocycles. The summed E-state index contributed by atoms with van der Waals surface area (Å²) >= 11 is 0. The minimum Gasteiger partial charge on any atom is -0.354 e. The Kier molecular flexibility index (Phi) is 7.05. The third-order valence-electron chi connectivity index (χ3n) is 3.68. The van der Waals surface area contributed by atoms with Gasteiger partial charge in [0.05, 0.1) is 11.0 Å². The zero-order valence-electron chi connectivity index (χ0n) is 14.5. The fourth-order valence-electron chi connectivity index (χ4n) is 2.56. The van der Waals surface area contributed by atoms with Crippen LogP contribution in [0.1, 0.15) is 33.6 Å². The van der Waals surface area contributed by atoms with Gasteiger partial charge < -0.3 is 11.1 Å². The second-order valence-corrected chi connectivity index (χ2v) is 6.59. The normalized spacial score (nSPS) is 11.3. The van der Waals surface area contributed by atoms with E-state index in [1.807, 2.05) is 45.0 Å². The highest BCUT2D eigenvalue weighted by Crippen LogP contribution is 2.13. The summed E-state index contributed by atoms with van der Waals surface area (Å²) in [6, 6.07) is 7.70. The number of para-hydroxylation sites is 2. The first-order valence-electron chi connectivity index (χ1n) is 8.07. The van der Waals surface area contributed by atoms with Crippen LogP contribution >= 0.6 is 12.4 Å². The van der Waals surface area contributed by atoms with Crippen LogP contribution in [0.3, 0.4) is 0 Å². The largest absolute Gasteiger partial charge is 0.354 e. The number of amides is 1. The number of hydrogen-bond acceptors (Lipinski definition) is 3. The van der Waals surface area contributed by atoms with Gasteiger partial charge in [0.15, 0.2) is 0 Å². The van der Waals surface area contributed by atoms with Gasteiger partial charge in [-0.3, -0.25) is 13.9 Å². The number of hydrogen-bond donors (Lipinski definition) is 2. The van der Waals surface area contributed by atoms with Gasteiger partial charge in [-0.05, 0) is 32.4 Å². The molecule has 1 amide bonds. The van der Waals surface area contributed by atoms with Crippen LogP contribution in [0.2, 0.25) is 0 Å². The van der Waals surface area contributed by atoms with E-state index in [4.69, 9.17) is 5.73 Å². The summed E-state index contributed by atoms with van der Waals surface area (Å²) in [5.74, 6) is -0.0947. The van der Waals surface area contributed by atoms with Crippen molar-refractivity contribution in [2.24, 2.45) is 5.73 Å². The highest BCUT2D eigenvalue weighted by atomic mass is 35.5. The van der Waals surface area contributed by atoms with E-state index < -0.39 is 5.54 Å². The smallest absolute Gasteiger partial charge is 0.329 e. The molecule has 0 bridgehead atoms. The van der Waals surface area contributed by atoms with Crippen molar-refractivity contribution in [2.45, 2.75) is 52.2 Å². The van der Waals surface area contributed by atoms with Crippen LogP contribution in [0.15, 0.2) is 29.1 Å². The molecule has 0 aliphatic heterocycles. The Morgan fingerprint density at radius 1 is 1.17 bits per heavy atom. The number of imidazole rings is 1. The van der Waals surface area contributed by atoms with Crippen molar-refractivity contribution in [2.75, 3.05) is 6.54 Å². The van der Waals surface area contributed by atoms with Crippen molar-refractivity contribution < 1.29 is 4.79 Å². The second-order valence-electron chi connectivity index (χ2n) is 6.59. The minimum absolute atomic E-state index is 0. The van der Waals surface area contributed by atoms with Crippen LogP contribution in [-0.2, 0) is 17.9 Å². The van der Waals surface area contributed by atoms with Crippen LogP contribution < -0.4 is 16.7 Å². The maximum atomic E-state index is 12.6. The predicted molar refractivity (Wildman–Crippen MR) is 99.6 cm³/mol. The molecular formula is C17H27ClN4O2. The zero-order valence-corrected chi connectivity index (χ0v) is 15.4. The number of nitrogens with one attached hydrogen (secondary N) is 1. The highest BCUT2D eigenvalue weighted by molar-refractivity contribution is 5.85. The van der Waals surface area contributed by atoms with Gasteiger partial charge in [0.1, 0.15) is 0 Å². The molecule has 134 valence electrons. The van der Waals surface area contributed by atoms with E-state index in [9.17, 15) is 9.59 Å². The van der Waals surface area contributed by atoms with Gasteiger partial charge in [0, 0.05) is 31.6 Å². The van der Waals surface area contributed by atoms with E-state index in [1.165, 1.54) is 0 Å². The Labute approximate surface area is 148 Å². The van der Waals surface area contributed by atoms with E-state index >= 15 is 0 Å². The topological polar surface area (TPSA) is 82.0 Å². The van der Waals surface area contributed by atoms with Crippen molar-refractivity contribution in [1.29, 1.82) is 0 Å².